The zero-order chi connectivity index (χ0) is 12.5. The molecule has 17 heavy (non-hydrogen) atoms. The Bertz CT molecular complexity index is 444. The quantitative estimate of drug-likeness (QED) is 0.439. The standard InChI is InChI=1S/C14H15NO2/c1-3-7-12-8-5-6-9-13(12)10-15-11-14(16)17-4-2/h1,5-6,8-10H,4,7,11H2,2H3. The first-order chi connectivity index (χ1) is 8.27. The summed E-state index contributed by atoms with van der Waals surface area (Å²) in [6.45, 7) is 2.18. The molecule has 0 unspecified atom stereocenters. The molecule has 0 N–H and O–H groups in total. The second-order valence-electron chi connectivity index (χ2n) is 3.35. The molecular formula is C14H15NO2. The van der Waals surface area contributed by atoms with Gasteiger partial charge in [0.15, 0.2) is 0 Å². The van der Waals surface area contributed by atoms with Gasteiger partial charge in [-0.25, -0.2) is 0 Å². The maximum absolute atomic E-state index is 11.1. The molecule has 1 aromatic carbocycles. The Kier molecular flexibility index (Phi) is 5.53. The minimum absolute atomic E-state index is 0.0399. The van der Waals surface area contributed by atoms with Crippen LogP contribution in [0.4, 0.5) is 0 Å². The molecule has 0 aliphatic carbocycles. The van der Waals surface area contributed by atoms with Gasteiger partial charge in [-0.3, -0.25) is 9.79 Å². The van der Waals surface area contributed by atoms with Crippen LogP contribution < -0.4 is 0 Å². The number of hydrogen-bond donors (Lipinski definition) is 0. The van der Waals surface area contributed by atoms with E-state index in [2.05, 4.69) is 10.9 Å². The Balaban J connectivity index is 2.65. The number of carbonyl (C=O) groups is 1. The monoisotopic (exact) mass is 229 g/mol. The van der Waals surface area contributed by atoms with Crippen molar-refractivity contribution in [1.82, 2.24) is 0 Å². The zero-order valence-corrected chi connectivity index (χ0v) is 9.85. The number of terminal acetylenes is 1. The van der Waals surface area contributed by atoms with Crippen LogP contribution in [0.2, 0.25) is 0 Å². The molecule has 1 rings (SSSR count). The fourth-order valence-electron chi connectivity index (χ4n) is 1.36. The Hall–Kier alpha value is -2.08. The summed E-state index contributed by atoms with van der Waals surface area (Å²) in [6, 6.07) is 7.70. The maximum Gasteiger partial charge on any atom is 0.327 e. The van der Waals surface area contributed by atoms with Gasteiger partial charge in [0.2, 0.25) is 0 Å². The molecule has 0 aliphatic rings. The predicted octanol–water partition coefficient (Wildman–Crippen LogP) is 1.84. The molecule has 0 spiro atoms. The third-order valence-electron chi connectivity index (χ3n) is 2.10. The summed E-state index contributed by atoms with van der Waals surface area (Å²) in [7, 11) is 0. The van der Waals surface area contributed by atoms with Gasteiger partial charge in [0.25, 0.3) is 0 Å². The van der Waals surface area contributed by atoms with Gasteiger partial charge in [0, 0.05) is 12.6 Å². The number of rotatable bonds is 5. The van der Waals surface area contributed by atoms with Crippen LogP contribution in [-0.4, -0.2) is 25.3 Å². The van der Waals surface area contributed by atoms with Crippen molar-refractivity contribution in [3.05, 3.63) is 35.4 Å². The van der Waals surface area contributed by atoms with Crippen molar-refractivity contribution >= 4 is 12.2 Å². The molecule has 0 atom stereocenters. The molecule has 0 radical (unpaired) electrons. The fraction of sp³-hybridized carbons (Fsp3) is 0.286. The van der Waals surface area contributed by atoms with Gasteiger partial charge < -0.3 is 4.74 Å². The number of carbonyl (C=O) groups excluding carboxylic acids is 1. The van der Waals surface area contributed by atoms with E-state index >= 15 is 0 Å². The summed E-state index contributed by atoms with van der Waals surface area (Å²) in [4.78, 5) is 15.1. The number of nitrogens with zero attached hydrogens (tertiary/aromatic N) is 1. The second-order valence-corrected chi connectivity index (χ2v) is 3.35. The SMILES string of the molecule is C#CCc1ccccc1C=NCC(=O)OCC. The van der Waals surface area contributed by atoms with Gasteiger partial charge >= 0.3 is 5.97 Å². The van der Waals surface area contributed by atoms with E-state index in [0.29, 0.717) is 13.0 Å². The normalized spacial score (nSPS) is 10.1. The highest BCUT2D eigenvalue weighted by Gasteiger charge is 1.99. The predicted molar refractivity (Wildman–Crippen MR) is 68.1 cm³/mol. The molecule has 0 heterocycles. The lowest BCUT2D eigenvalue weighted by molar-refractivity contribution is -0.141. The van der Waals surface area contributed by atoms with Crippen molar-refractivity contribution in [3.8, 4) is 12.3 Å². The van der Waals surface area contributed by atoms with E-state index in [1.165, 1.54) is 0 Å². The third kappa shape index (κ3) is 4.52. The molecule has 88 valence electrons. The summed E-state index contributed by atoms with van der Waals surface area (Å²) >= 11 is 0. The minimum atomic E-state index is -0.321. The van der Waals surface area contributed by atoms with E-state index in [0.717, 1.165) is 11.1 Å². The molecule has 3 nitrogen and oxygen atoms in total. The highest BCUT2D eigenvalue weighted by atomic mass is 16.5. The molecule has 0 aliphatic heterocycles. The molecule has 3 heteroatoms. The molecule has 0 aromatic heterocycles. The maximum atomic E-state index is 11.1. The molecule has 0 saturated heterocycles. The average Bonchev–Trinajstić information content (AvgIpc) is 2.32. The Morgan fingerprint density at radius 3 is 3.00 bits per heavy atom. The molecule has 0 fully saturated rings. The van der Waals surface area contributed by atoms with Crippen molar-refractivity contribution < 1.29 is 9.53 Å². The van der Waals surface area contributed by atoms with Crippen molar-refractivity contribution in [3.63, 3.8) is 0 Å². The molecule has 1 aromatic rings. The van der Waals surface area contributed by atoms with Gasteiger partial charge in [0.1, 0.15) is 6.54 Å². The average molecular weight is 229 g/mol. The first-order valence-corrected chi connectivity index (χ1v) is 5.44. The highest BCUT2D eigenvalue weighted by Crippen LogP contribution is 2.06. The summed E-state index contributed by atoms with van der Waals surface area (Å²) < 4.78 is 4.77. The number of ether oxygens (including phenoxy) is 1. The number of benzene rings is 1. The lowest BCUT2D eigenvalue weighted by atomic mass is 10.1. The summed E-state index contributed by atoms with van der Waals surface area (Å²) in [6.07, 6.45) is 7.49. The largest absolute Gasteiger partial charge is 0.465 e. The van der Waals surface area contributed by atoms with E-state index in [-0.39, 0.29) is 12.5 Å². The molecule has 0 amide bonds. The van der Waals surface area contributed by atoms with Crippen LogP contribution in [-0.2, 0) is 16.0 Å². The van der Waals surface area contributed by atoms with Gasteiger partial charge in [-0.1, -0.05) is 24.3 Å². The van der Waals surface area contributed by atoms with Crippen LogP contribution in [0, 0.1) is 12.3 Å². The van der Waals surface area contributed by atoms with E-state index < -0.39 is 0 Å². The van der Waals surface area contributed by atoms with Crippen molar-refractivity contribution in [2.24, 2.45) is 4.99 Å². The van der Waals surface area contributed by atoms with E-state index in [4.69, 9.17) is 11.2 Å². The minimum Gasteiger partial charge on any atom is -0.465 e. The van der Waals surface area contributed by atoms with E-state index in [1.807, 2.05) is 24.3 Å². The summed E-state index contributed by atoms with van der Waals surface area (Å²) in [5.41, 5.74) is 1.97. The third-order valence-corrected chi connectivity index (χ3v) is 2.10. The Labute approximate surface area is 102 Å². The zero-order valence-electron chi connectivity index (χ0n) is 9.85. The topological polar surface area (TPSA) is 38.7 Å². The Morgan fingerprint density at radius 1 is 1.53 bits per heavy atom. The van der Waals surface area contributed by atoms with Crippen molar-refractivity contribution in [2.45, 2.75) is 13.3 Å². The first-order valence-electron chi connectivity index (χ1n) is 5.44. The highest BCUT2D eigenvalue weighted by molar-refractivity contribution is 5.84. The van der Waals surface area contributed by atoms with Crippen molar-refractivity contribution in [2.75, 3.05) is 13.2 Å². The van der Waals surface area contributed by atoms with Gasteiger partial charge in [0.05, 0.1) is 6.61 Å². The molecule has 0 bridgehead atoms. The molecular weight excluding hydrogens is 214 g/mol. The number of hydrogen-bond acceptors (Lipinski definition) is 3. The number of esters is 1. The van der Waals surface area contributed by atoms with Crippen LogP contribution in [0.25, 0.3) is 0 Å². The van der Waals surface area contributed by atoms with Gasteiger partial charge in [-0.15, -0.1) is 12.3 Å². The Morgan fingerprint density at radius 2 is 2.29 bits per heavy atom. The van der Waals surface area contributed by atoms with Gasteiger partial charge in [-0.2, -0.15) is 0 Å². The summed E-state index contributed by atoms with van der Waals surface area (Å²) in [5.74, 6) is 2.27. The second kappa shape index (κ2) is 7.24. The fourth-order valence-corrected chi connectivity index (χ4v) is 1.36. The summed E-state index contributed by atoms with van der Waals surface area (Å²) in [5, 5.41) is 0. The van der Waals surface area contributed by atoms with Crippen LogP contribution in [0.15, 0.2) is 29.3 Å². The lowest BCUT2D eigenvalue weighted by Gasteiger charge is -2.01. The van der Waals surface area contributed by atoms with Crippen LogP contribution >= 0.6 is 0 Å². The first kappa shape index (κ1) is 13.0. The van der Waals surface area contributed by atoms with E-state index in [9.17, 15) is 4.79 Å². The van der Waals surface area contributed by atoms with E-state index in [1.54, 1.807) is 13.1 Å². The van der Waals surface area contributed by atoms with Crippen molar-refractivity contribution in [1.29, 1.82) is 0 Å². The van der Waals surface area contributed by atoms with Crippen LogP contribution in [0.5, 0.6) is 0 Å². The lowest BCUT2D eigenvalue weighted by Crippen LogP contribution is -2.07. The smallest absolute Gasteiger partial charge is 0.327 e. The number of aliphatic imine (C=N–C) groups is 1. The van der Waals surface area contributed by atoms with Crippen LogP contribution in [0.1, 0.15) is 18.1 Å². The molecule has 0 saturated carbocycles. The van der Waals surface area contributed by atoms with Crippen LogP contribution in [0.3, 0.4) is 0 Å². The van der Waals surface area contributed by atoms with Gasteiger partial charge in [-0.05, 0) is 18.1 Å².